The zero-order chi connectivity index (χ0) is 16.3. The monoisotopic (exact) mass is 306 g/mol. The second-order valence-corrected chi connectivity index (χ2v) is 6.30. The molecule has 0 bridgehead atoms. The predicted molar refractivity (Wildman–Crippen MR) is 85.7 cm³/mol. The molecule has 0 saturated carbocycles. The van der Waals surface area contributed by atoms with E-state index in [1.54, 1.807) is 0 Å². The quantitative estimate of drug-likeness (QED) is 0.878. The smallest absolute Gasteiger partial charge is 0.269 e. The number of aromatic nitrogens is 2. The molecule has 2 rings (SSSR count). The van der Waals surface area contributed by atoms with E-state index in [2.05, 4.69) is 34.3 Å². The molecule has 0 spiro atoms. The number of nitrogens with zero attached hydrogens (tertiary/aromatic N) is 2. The summed E-state index contributed by atoms with van der Waals surface area (Å²) >= 11 is 0. The molecular formula is C16H26N4O2. The van der Waals surface area contributed by atoms with Crippen LogP contribution in [0, 0.1) is 13.8 Å². The number of hydrogen-bond donors (Lipinski definition) is 2. The van der Waals surface area contributed by atoms with Gasteiger partial charge in [-0.2, -0.15) is 5.10 Å². The SMILES string of the molecule is Cc1n[nH]c(=O)c(CNC(=O)[C@@H]2CCCCN2C(C)C)c1C. The molecule has 1 aliphatic rings. The fourth-order valence-electron chi connectivity index (χ4n) is 3.03. The summed E-state index contributed by atoms with van der Waals surface area (Å²) in [5.74, 6) is 0.0154. The fourth-order valence-corrected chi connectivity index (χ4v) is 3.03. The molecule has 1 atom stereocenters. The molecule has 122 valence electrons. The summed E-state index contributed by atoms with van der Waals surface area (Å²) in [5, 5.41) is 9.34. The highest BCUT2D eigenvalue weighted by Crippen LogP contribution is 2.19. The Kier molecular flexibility index (Phi) is 5.34. The van der Waals surface area contributed by atoms with Crippen LogP contribution in [-0.2, 0) is 11.3 Å². The molecule has 1 aliphatic heterocycles. The van der Waals surface area contributed by atoms with E-state index in [1.165, 1.54) is 0 Å². The van der Waals surface area contributed by atoms with Gasteiger partial charge in [0.2, 0.25) is 5.91 Å². The van der Waals surface area contributed by atoms with Gasteiger partial charge in [-0.15, -0.1) is 0 Å². The molecule has 0 aromatic carbocycles. The van der Waals surface area contributed by atoms with Crippen molar-refractivity contribution in [1.82, 2.24) is 20.4 Å². The second-order valence-electron chi connectivity index (χ2n) is 6.30. The van der Waals surface area contributed by atoms with E-state index < -0.39 is 0 Å². The van der Waals surface area contributed by atoms with Crippen LogP contribution in [0.25, 0.3) is 0 Å². The minimum atomic E-state index is -0.229. The highest BCUT2D eigenvalue weighted by molar-refractivity contribution is 5.81. The molecule has 6 nitrogen and oxygen atoms in total. The minimum Gasteiger partial charge on any atom is -0.350 e. The van der Waals surface area contributed by atoms with Crippen LogP contribution in [0.3, 0.4) is 0 Å². The average Bonchev–Trinajstić information content (AvgIpc) is 2.50. The van der Waals surface area contributed by atoms with Crippen LogP contribution < -0.4 is 10.9 Å². The highest BCUT2D eigenvalue weighted by Gasteiger charge is 2.30. The molecular weight excluding hydrogens is 280 g/mol. The third-order valence-electron chi connectivity index (χ3n) is 4.54. The Morgan fingerprint density at radius 2 is 2.14 bits per heavy atom. The molecule has 1 aromatic rings. The van der Waals surface area contributed by atoms with Crippen molar-refractivity contribution in [2.24, 2.45) is 0 Å². The Balaban J connectivity index is 2.06. The lowest BCUT2D eigenvalue weighted by atomic mass is 9.99. The number of carbonyl (C=O) groups excluding carboxylic acids is 1. The van der Waals surface area contributed by atoms with Gasteiger partial charge in [0.1, 0.15) is 0 Å². The van der Waals surface area contributed by atoms with E-state index in [0.717, 1.165) is 37.1 Å². The maximum absolute atomic E-state index is 12.5. The van der Waals surface area contributed by atoms with Gasteiger partial charge in [-0.05, 0) is 52.6 Å². The summed E-state index contributed by atoms with van der Waals surface area (Å²) in [6.45, 7) is 9.16. The van der Waals surface area contributed by atoms with Gasteiger partial charge in [-0.25, -0.2) is 5.10 Å². The number of H-pyrrole nitrogens is 1. The van der Waals surface area contributed by atoms with Gasteiger partial charge in [0.25, 0.3) is 5.56 Å². The van der Waals surface area contributed by atoms with Gasteiger partial charge >= 0.3 is 0 Å². The van der Waals surface area contributed by atoms with E-state index in [9.17, 15) is 9.59 Å². The van der Waals surface area contributed by atoms with Gasteiger partial charge in [0, 0.05) is 18.2 Å². The molecule has 1 amide bonds. The molecule has 0 unspecified atom stereocenters. The van der Waals surface area contributed by atoms with Crippen molar-refractivity contribution in [3.05, 3.63) is 27.2 Å². The van der Waals surface area contributed by atoms with E-state index in [4.69, 9.17) is 0 Å². The molecule has 1 saturated heterocycles. The van der Waals surface area contributed by atoms with Crippen LogP contribution >= 0.6 is 0 Å². The van der Waals surface area contributed by atoms with Crippen LogP contribution in [0.1, 0.15) is 49.9 Å². The van der Waals surface area contributed by atoms with Crippen molar-refractivity contribution in [3.8, 4) is 0 Å². The van der Waals surface area contributed by atoms with Gasteiger partial charge in [-0.3, -0.25) is 14.5 Å². The number of piperidine rings is 1. The summed E-state index contributed by atoms with van der Waals surface area (Å²) in [6, 6.07) is 0.264. The number of hydrogen-bond acceptors (Lipinski definition) is 4. The third-order valence-corrected chi connectivity index (χ3v) is 4.54. The van der Waals surface area contributed by atoms with Crippen LogP contribution in [0.15, 0.2) is 4.79 Å². The normalized spacial score (nSPS) is 19.4. The number of rotatable bonds is 4. The maximum atomic E-state index is 12.5. The highest BCUT2D eigenvalue weighted by atomic mass is 16.2. The lowest BCUT2D eigenvalue weighted by molar-refractivity contribution is -0.128. The lowest BCUT2D eigenvalue weighted by Crippen LogP contribution is -2.52. The van der Waals surface area contributed by atoms with Crippen molar-refractivity contribution < 1.29 is 4.79 Å². The first-order valence-electron chi connectivity index (χ1n) is 8.00. The summed E-state index contributed by atoms with van der Waals surface area (Å²) in [7, 11) is 0. The Hall–Kier alpha value is -1.69. The van der Waals surface area contributed by atoms with Crippen LogP contribution in [0.2, 0.25) is 0 Å². The van der Waals surface area contributed by atoms with Crippen molar-refractivity contribution in [2.75, 3.05) is 6.54 Å². The zero-order valence-electron chi connectivity index (χ0n) is 13.9. The first-order valence-corrected chi connectivity index (χ1v) is 8.00. The minimum absolute atomic E-state index is 0.0154. The molecule has 22 heavy (non-hydrogen) atoms. The lowest BCUT2D eigenvalue weighted by Gasteiger charge is -2.37. The molecule has 0 radical (unpaired) electrons. The number of carbonyl (C=O) groups is 1. The summed E-state index contributed by atoms with van der Waals surface area (Å²) in [4.78, 5) is 26.6. The Morgan fingerprint density at radius 1 is 1.41 bits per heavy atom. The van der Waals surface area contributed by atoms with Crippen molar-refractivity contribution >= 4 is 5.91 Å². The maximum Gasteiger partial charge on any atom is 0.269 e. The van der Waals surface area contributed by atoms with E-state index in [-0.39, 0.29) is 24.1 Å². The largest absolute Gasteiger partial charge is 0.350 e. The van der Waals surface area contributed by atoms with E-state index >= 15 is 0 Å². The third kappa shape index (κ3) is 3.55. The first kappa shape index (κ1) is 16.7. The number of amides is 1. The van der Waals surface area contributed by atoms with Gasteiger partial charge in [0.15, 0.2) is 0 Å². The van der Waals surface area contributed by atoms with E-state index in [0.29, 0.717) is 11.6 Å². The standard InChI is InChI=1S/C16H26N4O2/c1-10(2)20-8-6-5-7-14(20)16(22)17-9-13-11(3)12(4)18-19-15(13)21/h10,14H,5-9H2,1-4H3,(H,17,22)(H,19,21)/t14-/m0/s1. The molecule has 1 aromatic heterocycles. The van der Waals surface area contributed by atoms with Crippen molar-refractivity contribution in [2.45, 2.75) is 65.6 Å². The van der Waals surface area contributed by atoms with Crippen LogP contribution in [0.5, 0.6) is 0 Å². The van der Waals surface area contributed by atoms with Crippen molar-refractivity contribution in [1.29, 1.82) is 0 Å². The molecule has 6 heteroatoms. The summed E-state index contributed by atoms with van der Waals surface area (Å²) in [6.07, 6.45) is 3.11. The Bertz CT molecular complexity index is 594. The van der Waals surface area contributed by atoms with Gasteiger partial charge in [-0.1, -0.05) is 6.42 Å². The zero-order valence-corrected chi connectivity index (χ0v) is 13.9. The predicted octanol–water partition coefficient (Wildman–Crippen LogP) is 1.27. The number of likely N-dealkylation sites (tertiary alicyclic amines) is 1. The molecule has 2 heterocycles. The van der Waals surface area contributed by atoms with Gasteiger partial charge < -0.3 is 5.32 Å². The molecule has 0 aliphatic carbocycles. The van der Waals surface area contributed by atoms with Crippen molar-refractivity contribution in [3.63, 3.8) is 0 Å². The fraction of sp³-hybridized carbons (Fsp3) is 0.688. The first-order chi connectivity index (χ1) is 10.4. The molecule has 2 N–H and O–H groups in total. The number of nitrogens with one attached hydrogen (secondary N) is 2. The van der Waals surface area contributed by atoms with E-state index in [1.807, 2.05) is 13.8 Å². The summed E-state index contributed by atoms with van der Waals surface area (Å²) < 4.78 is 0. The molecule has 1 fully saturated rings. The van der Waals surface area contributed by atoms with Gasteiger partial charge in [0.05, 0.1) is 11.7 Å². The average molecular weight is 306 g/mol. The number of aromatic amines is 1. The van der Waals surface area contributed by atoms with Crippen LogP contribution in [0.4, 0.5) is 0 Å². The topological polar surface area (TPSA) is 78.1 Å². The Morgan fingerprint density at radius 3 is 2.82 bits per heavy atom. The van der Waals surface area contributed by atoms with Crippen LogP contribution in [-0.4, -0.2) is 39.6 Å². The summed E-state index contributed by atoms with van der Waals surface area (Å²) in [5.41, 5.74) is 1.99. The Labute approximate surface area is 131 Å². The number of aryl methyl sites for hydroxylation is 1. The second kappa shape index (κ2) is 7.05.